The van der Waals surface area contributed by atoms with Crippen LogP contribution in [0.25, 0.3) is 0 Å². The largest absolute Gasteiger partial charge is 0.481 e. The molecule has 21 heavy (non-hydrogen) atoms. The summed E-state index contributed by atoms with van der Waals surface area (Å²) in [5.41, 5.74) is 0.659. The number of amides is 2. The minimum atomic E-state index is -0.945. The van der Waals surface area contributed by atoms with E-state index in [-0.39, 0.29) is 25.0 Å². The highest BCUT2D eigenvalue weighted by molar-refractivity contribution is 5.92. The van der Waals surface area contributed by atoms with E-state index in [1.807, 2.05) is 13.0 Å². The highest BCUT2D eigenvalue weighted by Gasteiger charge is 2.19. The Morgan fingerprint density at radius 1 is 1.38 bits per heavy atom. The topological polar surface area (TPSA) is 69.6 Å². The van der Waals surface area contributed by atoms with Crippen molar-refractivity contribution in [3.63, 3.8) is 0 Å². The van der Waals surface area contributed by atoms with Crippen LogP contribution >= 0.6 is 0 Å². The lowest BCUT2D eigenvalue weighted by molar-refractivity contribution is -0.136. The number of rotatable bonds is 7. The minimum absolute atomic E-state index is 0.109. The Morgan fingerprint density at radius 2 is 2.05 bits per heavy atom. The van der Waals surface area contributed by atoms with Crippen molar-refractivity contribution >= 4 is 17.7 Å². The Morgan fingerprint density at radius 3 is 2.57 bits per heavy atom. The zero-order valence-corrected chi connectivity index (χ0v) is 12.1. The molecule has 2 N–H and O–H groups in total. The number of nitrogens with zero attached hydrogens (tertiary/aromatic N) is 1. The van der Waals surface area contributed by atoms with Crippen molar-refractivity contribution in [2.75, 3.05) is 11.4 Å². The average Bonchev–Trinajstić information content (AvgIpc) is 2.47. The molecule has 1 atom stereocenters. The number of urea groups is 1. The number of carboxylic acid groups (broad SMARTS) is 1. The maximum Gasteiger partial charge on any atom is 0.322 e. The van der Waals surface area contributed by atoms with Crippen LogP contribution in [0.4, 0.5) is 10.5 Å². The Bertz CT molecular complexity index is 508. The van der Waals surface area contributed by atoms with E-state index in [4.69, 9.17) is 11.5 Å². The van der Waals surface area contributed by atoms with Gasteiger partial charge in [0.1, 0.15) is 0 Å². The predicted molar refractivity (Wildman–Crippen MR) is 82.1 cm³/mol. The Labute approximate surface area is 125 Å². The van der Waals surface area contributed by atoms with Crippen molar-refractivity contribution in [2.24, 2.45) is 0 Å². The number of carbonyl (C=O) groups is 2. The first kappa shape index (κ1) is 16.6. The summed E-state index contributed by atoms with van der Waals surface area (Å²) in [6.45, 7) is 2.05. The summed E-state index contributed by atoms with van der Waals surface area (Å²) in [6, 6.07) is 8.53. The van der Waals surface area contributed by atoms with Gasteiger partial charge in [0.2, 0.25) is 0 Å². The molecule has 0 aromatic heterocycles. The molecular weight excluding hydrogens is 268 g/mol. The van der Waals surface area contributed by atoms with Gasteiger partial charge in [-0.25, -0.2) is 4.79 Å². The third kappa shape index (κ3) is 5.57. The zero-order chi connectivity index (χ0) is 15.7. The second kappa shape index (κ2) is 8.64. The van der Waals surface area contributed by atoms with E-state index in [1.165, 1.54) is 4.90 Å². The van der Waals surface area contributed by atoms with Crippen LogP contribution in [0.1, 0.15) is 26.2 Å². The van der Waals surface area contributed by atoms with Gasteiger partial charge >= 0.3 is 12.0 Å². The smallest absolute Gasteiger partial charge is 0.322 e. The second-order valence-electron chi connectivity index (χ2n) is 4.59. The molecule has 0 saturated heterocycles. The molecule has 0 heterocycles. The predicted octanol–water partition coefficient (Wildman–Crippen LogP) is 2.48. The Balaban J connectivity index is 2.83. The lowest BCUT2D eigenvalue weighted by atomic mass is 10.1. The van der Waals surface area contributed by atoms with E-state index in [1.54, 1.807) is 24.3 Å². The Kier molecular flexibility index (Phi) is 6.82. The fourth-order valence-corrected chi connectivity index (χ4v) is 1.86. The maximum atomic E-state index is 12.4. The average molecular weight is 288 g/mol. The van der Waals surface area contributed by atoms with E-state index >= 15 is 0 Å². The molecule has 0 aliphatic carbocycles. The number of terminal acetylenes is 1. The lowest BCUT2D eigenvalue weighted by Crippen LogP contribution is -2.45. The summed E-state index contributed by atoms with van der Waals surface area (Å²) in [7, 11) is 0. The van der Waals surface area contributed by atoms with Crippen LogP contribution in [0.2, 0.25) is 0 Å². The van der Waals surface area contributed by atoms with Gasteiger partial charge in [-0.15, -0.1) is 12.3 Å². The summed E-state index contributed by atoms with van der Waals surface area (Å²) in [6.07, 6.45) is 6.32. The quantitative estimate of drug-likeness (QED) is 0.757. The van der Waals surface area contributed by atoms with Crippen LogP contribution in [-0.2, 0) is 4.79 Å². The van der Waals surface area contributed by atoms with E-state index in [2.05, 4.69) is 11.2 Å². The molecule has 0 saturated carbocycles. The molecule has 1 rings (SSSR count). The van der Waals surface area contributed by atoms with Gasteiger partial charge in [-0.1, -0.05) is 25.1 Å². The van der Waals surface area contributed by atoms with E-state index in [9.17, 15) is 9.59 Å². The summed E-state index contributed by atoms with van der Waals surface area (Å²) in [5.74, 6) is 1.58. The number of nitrogens with one attached hydrogen (secondary N) is 1. The van der Waals surface area contributed by atoms with Crippen molar-refractivity contribution in [1.82, 2.24) is 5.32 Å². The van der Waals surface area contributed by atoms with E-state index in [0.717, 1.165) is 6.42 Å². The fourth-order valence-electron chi connectivity index (χ4n) is 1.86. The lowest BCUT2D eigenvalue weighted by Gasteiger charge is -2.25. The first-order valence-electron chi connectivity index (χ1n) is 6.86. The summed E-state index contributed by atoms with van der Waals surface area (Å²) >= 11 is 0. The van der Waals surface area contributed by atoms with E-state index in [0.29, 0.717) is 12.1 Å². The highest BCUT2D eigenvalue weighted by atomic mass is 16.4. The van der Waals surface area contributed by atoms with Gasteiger partial charge in [-0.3, -0.25) is 9.69 Å². The van der Waals surface area contributed by atoms with Gasteiger partial charge in [0, 0.05) is 24.7 Å². The van der Waals surface area contributed by atoms with Gasteiger partial charge in [-0.05, 0) is 18.6 Å². The second-order valence-corrected chi connectivity index (χ2v) is 4.59. The molecule has 0 radical (unpaired) electrons. The monoisotopic (exact) mass is 288 g/mol. The van der Waals surface area contributed by atoms with Crippen molar-refractivity contribution in [1.29, 1.82) is 0 Å². The molecule has 1 aromatic rings. The zero-order valence-electron chi connectivity index (χ0n) is 12.1. The first-order chi connectivity index (χ1) is 10.1. The van der Waals surface area contributed by atoms with Crippen molar-refractivity contribution in [2.45, 2.75) is 32.2 Å². The molecule has 1 aromatic carbocycles. The van der Waals surface area contributed by atoms with Gasteiger partial charge in [0.05, 0.1) is 6.42 Å². The summed E-state index contributed by atoms with van der Waals surface area (Å²) in [5, 5.41) is 11.7. The van der Waals surface area contributed by atoms with Crippen molar-refractivity contribution < 1.29 is 14.7 Å². The van der Waals surface area contributed by atoms with Gasteiger partial charge in [0.25, 0.3) is 0 Å². The first-order valence-corrected chi connectivity index (χ1v) is 6.86. The maximum absolute atomic E-state index is 12.4. The number of carboxylic acids is 1. The molecule has 0 aliphatic rings. The molecule has 0 fully saturated rings. The van der Waals surface area contributed by atoms with Crippen LogP contribution in [-0.4, -0.2) is 29.7 Å². The van der Waals surface area contributed by atoms with Crippen molar-refractivity contribution in [3.05, 3.63) is 30.3 Å². The normalized spacial score (nSPS) is 11.2. The molecule has 5 nitrogen and oxygen atoms in total. The molecule has 0 spiro atoms. The van der Waals surface area contributed by atoms with Gasteiger partial charge < -0.3 is 10.4 Å². The van der Waals surface area contributed by atoms with Gasteiger partial charge in [0.15, 0.2) is 0 Å². The minimum Gasteiger partial charge on any atom is -0.481 e. The molecule has 1 unspecified atom stereocenters. The highest BCUT2D eigenvalue weighted by Crippen LogP contribution is 2.14. The summed E-state index contributed by atoms with van der Waals surface area (Å²) in [4.78, 5) is 24.5. The third-order valence-electron chi connectivity index (χ3n) is 3.05. The van der Waals surface area contributed by atoms with Crippen LogP contribution in [0, 0.1) is 12.3 Å². The van der Waals surface area contributed by atoms with Crippen LogP contribution < -0.4 is 10.2 Å². The molecule has 5 heteroatoms. The number of anilines is 1. The number of hydrogen-bond donors (Lipinski definition) is 2. The van der Waals surface area contributed by atoms with Crippen LogP contribution in [0.15, 0.2) is 30.3 Å². The SMILES string of the molecule is C#CCC(CC)NC(=O)N(CCC(=O)O)c1ccccc1. The number of benzene rings is 1. The van der Waals surface area contributed by atoms with Crippen LogP contribution in [0.5, 0.6) is 0 Å². The summed E-state index contributed by atoms with van der Waals surface area (Å²) < 4.78 is 0. The number of hydrogen-bond acceptors (Lipinski definition) is 2. The third-order valence-corrected chi connectivity index (χ3v) is 3.05. The molecule has 2 amide bonds. The number of para-hydroxylation sites is 1. The fraction of sp³-hybridized carbons (Fsp3) is 0.375. The number of carbonyl (C=O) groups excluding carboxylic acids is 1. The molecule has 112 valence electrons. The van der Waals surface area contributed by atoms with E-state index < -0.39 is 5.97 Å². The standard InChI is InChI=1S/C16H20N2O3/c1-3-8-13(4-2)17-16(21)18(12-11-15(19)20)14-9-6-5-7-10-14/h1,5-7,9-10,13H,4,8,11-12H2,2H3,(H,17,21)(H,19,20). The van der Waals surface area contributed by atoms with Crippen LogP contribution in [0.3, 0.4) is 0 Å². The Hall–Kier alpha value is -2.48. The van der Waals surface area contributed by atoms with Gasteiger partial charge in [-0.2, -0.15) is 0 Å². The molecule has 0 aliphatic heterocycles. The number of aliphatic carboxylic acids is 1. The molecule has 0 bridgehead atoms. The molecular formula is C16H20N2O3. The van der Waals surface area contributed by atoms with Crippen molar-refractivity contribution in [3.8, 4) is 12.3 Å².